The number of carboxylic acids is 1. The second-order valence-electron chi connectivity index (χ2n) is 3.10. The zero-order valence-electron chi connectivity index (χ0n) is 7.43. The quantitative estimate of drug-likeness (QED) is 0.804. The molecule has 0 radical (unpaired) electrons. The Bertz CT molecular complexity index is 461. The Morgan fingerprint density at radius 1 is 1.50 bits per heavy atom. The maximum absolute atomic E-state index is 10.4. The summed E-state index contributed by atoms with van der Waals surface area (Å²) in [6.07, 6.45) is 2.23. The lowest BCUT2D eigenvalue weighted by atomic mass is 10.1. The van der Waals surface area contributed by atoms with Gasteiger partial charge in [0.25, 0.3) is 0 Å². The number of hydrogen-bond acceptors (Lipinski definition) is 3. The number of carbonyl (C=O) groups is 1. The predicted octanol–water partition coefficient (Wildman–Crippen LogP) is 1.84. The van der Waals surface area contributed by atoms with Gasteiger partial charge < -0.3 is 9.63 Å². The van der Waals surface area contributed by atoms with E-state index in [1.54, 1.807) is 6.26 Å². The molecule has 0 aliphatic carbocycles. The van der Waals surface area contributed by atoms with Gasteiger partial charge in [0.2, 0.25) is 0 Å². The van der Waals surface area contributed by atoms with Crippen LogP contribution in [-0.4, -0.2) is 16.2 Å². The van der Waals surface area contributed by atoms with E-state index < -0.39 is 5.97 Å². The highest BCUT2D eigenvalue weighted by molar-refractivity contribution is 5.78. The number of hydrogen-bond donors (Lipinski definition) is 1. The van der Waals surface area contributed by atoms with E-state index in [9.17, 15) is 4.79 Å². The fourth-order valence-electron chi connectivity index (χ4n) is 1.31. The highest BCUT2D eigenvalue weighted by Crippen LogP contribution is 2.15. The van der Waals surface area contributed by atoms with E-state index in [0.29, 0.717) is 6.42 Å². The molecular formula is C10H9NO3. The average molecular weight is 191 g/mol. The highest BCUT2D eigenvalue weighted by atomic mass is 16.5. The van der Waals surface area contributed by atoms with Gasteiger partial charge in [-0.1, -0.05) is 11.2 Å². The molecule has 0 saturated carbocycles. The summed E-state index contributed by atoms with van der Waals surface area (Å²) in [5, 5.41) is 13.2. The van der Waals surface area contributed by atoms with Crippen LogP contribution in [0, 0.1) is 0 Å². The van der Waals surface area contributed by atoms with Gasteiger partial charge in [-0.25, -0.2) is 0 Å². The minimum Gasteiger partial charge on any atom is -0.481 e. The molecule has 1 aromatic carbocycles. The van der Waals surface area contributed by atoms with Gasteiger partial charge in [-0.2, -0.15) is 0 Å². The lowest BCUT2D eigenvalue weighted by Gasteiger charge is -1.96. The van der Waals surface area contributed by atoms with Crippen LogP contribution >= 0.6 is 0 Å². The zero-order valence-corrected chi connectivity index (χ0v) is 7.43. The predicted molar refractivity (Wildman–Crippen MR) is 50.0 cm³/mol. The average Bonchev–Trinajstić information content (AvgIpc) is 2.61. The third-order valence-corrected chi connectivity index (χ3v) is 2.05. The smallest absolute Gasteiger partial charge is 0.303 e. The summed E-state index contributed by atoms with van der Waals surface area (Å²) in [6, 6.07) is 5.62. The van der Waals surface area contributed by atoms with Crippen LogP contribution in [0.25, 0.3) is 10.9 Å². The van der Waals surface area contributed by atoms with Crippen molar-refractivity contribution in [2.24, 2.45) is 0 Å². The number of nitrogens with zero attached hydrogens (tertiary/aromatic N) is 1. The molecule has 2 aromatic rings. The van der Waals surface area contributed by atoms with Crippen molar-refractivity contribution in [1.29, 1.82) is 0 Å². The van der Waals surface area contributed by atoms with Gasteiger partial charge in [0.15, 0.2) is 0 Å². The summed E-state index contributed by atoms with van der Waals surface area (Å²) in [5.41, 5.74) is 1.74. The Morgan fingerprint density at radius 2 is 2.36 bits per heavy atom. The molecule has 0 amide bonds. The molecule has 0 atom stereocenters. The first-order valence-electron chi connectivity index (χ1n) is 4.30. The largest absolute Gasteiger partial charge is 0.481 e. The van der Waals surface area contributed by atoms with Crippen molar-refractivity contribution in [3.63, 3.8) is 0 Å². The van der Waals surface area contributed by atoms with Crippen molar-refractivity contribution < 1.29 is 14.4 Å². The molecule has 1 heterocycles. The monoisotopic (exact) mass is 191 g/mol. The van der Waals surface area contributed by atoms with Gasteiger partial charge >= 0.3 is 5.97 Å². The topological polar surface area (TPSA) is 63.3 Å². The van der Waals surface area contributed by atoms with Crippen LogP contribution in [0.5, 0.6) is 0 Å². The van der Waals surface area contributed by atoms with Crippen molar-refractivity contribution in [2.45, 2.75) is 12.8 Å². The molecule has 0 aliphatic heterocycles. The Labute approximate surface area is 80.1 Å². The highest BCUT2D eigenvalue weighted by Gasteiger charge is 2.02. The number of rotatable bonds is 3. The molecule has 72 valence electrons. The third-order valence-electron chi connectivity index (χ3n) is 2.05. The van der Waals surface area contributed by atoms with Crippen molar-refractivity contribution in [2.75, 3.05) is 0 Å². The summed E-state index contributed by atoms with van der Waals surface area (Å²) in [4.78, 5) is 10.4. The molecule has 0 spiro atoms. The second-order valence-corrected chi connectivity index (χ2v) is 3.10. The van der Waals surface area contributed by atoms with Crippen LogP contribution in [0.1, 0.15) is 12.0 Å². The second kappa shape index (κ2) is 3.49. The minimum absolute atomic E-state index is 0.142. The van der Waals surface area contributed by atoms with Gasteiger partial charge in [0.1, 0.15) is 11.8 Å². The lowest BCUT2D eigenvalue weighted by molar-refractivity contribution is -0.136. The molecule has 2 rings (SSSR count). The molecule has 1 N–H and O–H groups in total. The summed E-state index contributed by atoms with van der Waals surface area (Å²) in [7, 11) is 0. The van der Waals surface area contributed by atoms with Crippen LogP contribution in [0.2, 0.25) is 0 Å². The molecule has 4 heteroatoms. The summed E-state index contributed by atoms with van der Waals surface area (Å²) in [6.45, 7) is 0. The lowest BCUT2D eigenvalue weighted by Crippen LogP contribution is -1.97. The molecular weight excluding hydrogens is 182 g/mol. The minimum atomic E-state index is -0.787. The van der Waals surface area contributed by atoms with Crippen molar-refractivity contribution in [3.05, 3.63) is 30.0 Å². The standard InChI is InChI=1S/C10H9NO3/c12-10(13)4-2-7-1-3-8-6-14-11-9(8)5-7/h1,3,5-6H,2,4H2,(H,12,13). The zero-order chi connectivity index (χ0) is 9.97. The summed E-state index contributed by atoms with van der Waals surface area (Å²) >= 11 is 0. The number of aromatic nitrogens is 1. The first-order valence-corrected chi connectivity index (χ1v) is 4.30. The molecule has 0 saturated heterocycles. The van der Waals surface area contributed by atoms with Crippen LogP contribution in [0.15, 0.2) is 29.0 Å². The Kier molecular flexibility index (Phi) is 2.18. The first-order chi connectivity index (χ1) is 6.75. The molecule has 4 nitrogen and oxygen atoms in total. The number of aliphatic carboxylic acids is 1. The first kappa shape index (κ1) is 8.74. The van der Waals surface area contributed by atoms with Gasteiger partial charge in [-0.3, -0.25) is 4.79 Å². The maximum Gasteiger partial charge on any atom is 0.303 e. The Morgan fingerprint density at radius 3 is 3.14 bits per heavy atom. The molecule has 14 heavy (non-hydrogen) atoms. The number of aryl methyl sites for hydroxylation is 1. The van der Waals surface area contributed by atoms with E-state index >= 15 is 0 Å². The van der Waals surface area contributed by atoms with Gasteiger partial charge in [0.05, 0.1) is 0 Å². The maximum atomic E-state index is 10.4. The van der Waals surface area contributed by atoms with Crippen molar-refractivity contribution in [1.82, 2.24) is 5.16 Å². The number of fused-ring (bicyclic) bond motifs is 1. The summed E-state index contributed by atoms with van der Waals surface area (Å²) in [5.74, 6) is -0.787. The number of carboxylic acid groups (broad SMARTS) is 1. The van der Waals surface area contributed by atoms with E-state index in [2.05, 4.69) is 5.16 Å². The van der Waals surface area contributed by atoms with Gasteiger partial charge in [-0.05, 0) is 24.1 Å². The van der Waals surface area contributed by atoms with Crippen LogP contribution in [-0.2, 0) is 11.2 Å². The van der Waals surface area contributed by atoms with E-state index in [0.717, 1.165) is 16.5 Å². The van der Waals surface area contributed by atoms with Gasteiger partial charge in [-0.15, -0.1) is 0 Å². The third kappa shape index (κ3) is 1.74. The Balaban J connectivity index is 2.21. The Hall–Kier alpha value is -1.84. The van der Waals surface area contributed by atoms with E-state index in [1.165, 1.54) is 0 Å². The fourth-order valence-corrected chi connectivity index (χ4v) is 1.31. The molecule has 0 fully saturated rings. The molecule has 0 bridgehead atoms. The molecule has 0 unspecified atom stereocenters. The summed E-state index contributed by atoms with van der Waals surface area (Å²) < 4.78 is 4.78. The van der Waals surface area contributed by atoms with E-state index in [1.807, 2.05) is 18.2 Å². The van der Waals surface area contributed by atoms with Crippen LogP contribution < -0.4 is 0 Å². The van der Waals surface area contributed by atoms with Crippen molar-refractivity contribution in [3.8, 4) is 0 Å². The van der Waals surface area contributed by atoms with Crippen molar-refractivity contribution >= 4 is 16.9 Å². The van der Waals surface area contributed by atoms with E-state index in [4.69, 9.17) is 9.63 Å². The van der Waals surface area contributed by atoms with E-state index in [-0.39, 0.29) is 6.42 Å². The molecule has 1 aromatic heterocycles. The molecule has 0 aliphatic rings. The normalized spacial score (nSPS) is 10.6. The van der Waals surface area contributed by atoms with Crippen LogP contribution in [0.3, 0.4) is 0 Å². The van der Waals surface area contributed by atoms with Crippen LogP contribution in [0.4, 0.5) is 0 Å². The SMILES string of the molecule is O=C(O)CCc1ccc2conc2c1. The number of benzene rings is 1. The van der Waals surface area contributed by atoms with Gasteiger partial charge in [0, 0.05) is 11.8 Å². The fraction of sp³-hybridized carbons (Fsp3) is 0.200.